The van der Waals surface area contributed by atoms with E-state index in [4.69, 9.17) is 49.3 Å². The van der Waals surface area contributed by atoms with E-state index in [1.807, 2.05) is 58.0 Å². The van der Waals surface area contributed by atoms with Crippen LogP contribution in [0.3, 0.4) is 0 Å². The Morgan fingerprint density at radius 2 is 0.642 bits per heavy atom. The molecule has 0 saturated heterocycles. The number of pyridine rings is 5. The Kier molecular flexibility index (Phi) is 13.6. The third-order valence-corrected chi connectivity index (χ3v) is 17.1. The molecule has 5 heterocycles. The van der Waals surface area contributed by atoms with E-state index in [-0.39, 0.29) is 16.7 Å². The smallest absolute Gasteiger partial charge is 0.201 e. The van der Waals surface area contributed by atoms with E-state index in [9.17, 15) is 0 Å². The zero-order valence-electron chi connectivity index (χ0n) is 95.1. The Hall–Kier alpha value is -8.15. The number of hydrogen-bond acceptors (Lipinski definition) is 0. The fourth-order valence-electron chi connectivity index (χ4n) is 11.4. The monoisotopic (exact) mass is 1310 g/mol. The van der Waals surface area contributed by atoms with Crippen LogP contribution in [-0.2, 0) is 41.6 Å². The fraction of sp³-hybridized carbons (Fsp3) is 0.389. The number of aryl methyl sites for hydroxylation is 22. The van der Waals surface area contributed by atoms with Crippen LogP contribution in [0.15, 0.2) is 146 Å². The first kappa shape index (κ1) is 39.2. The molecule has 5 aromatic heterocycles. The van der Waals surface area contributed by atoms with Gasteiger partial charge in [0.05, 0.1) is 0 Å². The first-order valence-corrected chi connectivity index (χ1v) is 31.3. The second-order valence-electron chi connectivity index (χ2n) is 25.1. The van der Waals surface area contributed by atoms with Crippen molar-refractivity contribution in [1.82, 2.24) is 0 Å². The van der Waals surface area contributed by atoms with Gasteiger partial charge in [-0.1, -0.05) is 92.3 Å². The first-order valence-electron chi connectivity index (χ1n) is 49.3. The van der Waals surface area contributed by atoms with Crippen molar-refractivity contribution in [2.24, 2.45) is 35.2 Å². The summed E-state index contributed by atoms with van der Waals surface area (Å²) in [6, 6.07) is 32.9. The number of hydrogen-bond donors (Lipinski definition) is 0. The molecule has 5 aromatic carbocycles. The minimum atomic E-state index is -2.77. The second kappa shape index (κ2) is 33.0. The molecule has 4 unspecified atom stereocenters. The van der Waals surface area contributed by atoms with Crippen molar-refractivity contribution in [2.45, 2.75) is 202 Å². The van der Waals surface area contributed by atoms with Gasteiger partial charge in [-0.05, 0) is 284 Å². The quantitative estimate of drug-likeness (QED) is 0.122. The molecule has 0 aliphatic heterocycles. The van der Waals surface area contributed by atoms with Crippen molar-refractivity contribution in [3.8, 4) is 56.3 Å². The second-order valence-corrected chi connectivity index (χ2v) is 25.1. The number of rotatable bonds is 10. The van der Waals surface area contributed by atoms with E-state index >= 15 is 0 Å². The number of aromatic nitrogens is 5. The lowest BCUT2D eigenvalue weighted by Crippen LogP contribution is -2.31. The van der Waals surface area contributed by atoms with E-state index in [1.54, 1.807) is 222 Å². The van der Waals surface area contributed by atoms with Crippen LogP contribution in [0.25, 0.3) is 56.3 Å². The maximum Gasteiger partial charge on any atom is 0.212 e. The van der Waals surface area contributed by atoms with Crippen LogP contribution in [-0.4, -0.2) is 0 Å². The molecule has 0 aliphatic carbocycles. The average molecular weight is 1310 g/mol. The van der Waals surface area contributed by atoms with Crippen LogP contribution >= 0.6 is 0 Å². The third kappa shape index (κ3) is 19.1. The van der Waals surface area contributed by atoms with Crippen molar-refractivity contribution in [3.05, 3.63) is 263 Å². The van der Waals surface area contributed by atoms with Crippen LogP contribution in [0.2, 0.25) is 0 Å². The first-order chi connectivity index (χ1) is 58.7. The molecule has 0 bridgehead atoms. The maximum atomic E-state index is 8.39. The molecule has 0 saturated carbocycles. The summed E-state index contributed by atoms with van der Waals surface area (Å²) in [7, 11) is 8.91. The summed E-state index contributed by atoms with van der Waals surface area (Å²) in [6.07, 6.45) is 5.61. The highest BCUT2D eigenvalue weighted by atomic mass is 14.9. The summed E-state index contributed by atoms with van der Waals surface area (Å²) < 4.78 is 286. The maximum absolute atomic E-state index is 8.39. The van der Waals surface area contributed by atoms with Crippen molar-refractivity contribution >= 4 is 0 Å². The third-order valence-electron chi connectivity index (χ3n) is 17.1. The van der Waals surface area contributed by atoms with Crippen molar-refractivity contribution in [1.29, 1.82) is 0 Å². The van der Waals surface area contributed by atoms with Gasteiger partial charge in [-0.15, -0.1) is 0 Å². The topological polar surface area (TPSA) is 19.4 Å². The highest BCUT2D eigenvalue weighted by Crippen LogP contribution is 2.32. The average Bonchev–Trinajstić information content (AvgIpc) is 0.769. The standard InChI is InChI=1S/C20H28N.2C18H24N.2C17H22N/c1-13(2)17-8-9-20(21(7)12-17)19-11-15(5)18(14(3)4)10-16(19)6;1-12(2)16-7-8-18(19(6)11-16)17-10-14(4)13(3)9-15(17)5;1-12(2)16-9-15(5)17(10-14(16)4)18-8-7-13(3)11-19(18)6;1-11-7-14(4)16(8-12(11)2)17-9-13(3)15(5)10-18(17)6;1-6-15-9-14(4)16(10-13(15)3)17-8-7-12(2)11-18(17)5/h8-14H,1-7H3;2*7-12H,1-6H3;7-10H,1-6H3;7-11H,6H2,1-5H3/q5*+1/i1D3,3D3,13D,14D;2*1D3,3D3,12D;1D3,5D3;1D3,2D3,6D2. The van der Waals surface area contributed by atoms with Gasteiger partial charge in [0.2, 0.25) is 28.5 Å². The summed E-state index contributed by atoms with van der Waals surface area (Å²) in [4.78, 5) is 0. The Morgan fingerprint density at radius 3 is 1.01 bits per heavy atom. The van der Waals surface area contributed by atoms with Crippen LogP contribution < -0.4 is 22.8 Å². The molecule has 0 fully saturated rings. The normalized spacial score (nSPS) is 20.6. The largest absolute Gasteiger partial charge is 0.212 e. The lowest BCUT2D eigenvalue weighted by molar-refractivity contribution is -0.661. The molecule has 0 N–H and O–H groups in total. The molecule has 10 aromatic rings. The van der Waals surface area contributed by atoms with Gasteiger partial charge in [-0.3, -0.25) is 0 Å². The highest BCUT2D eigenvalue weighted by molar-refractivity contribution is 5.67. The highest BCUT2D eigenvalue weighted by Gasteiger charge is 2.21. The van der Waals surface area contributed by atoms with Crippen molar-refractivity contribution in [3.63, 3.8) is 0 Å². The van der Waals surface area contributed by atoms with Crippen molar-refractivity contribution in [2.75, 3.05) is 0 Å². The summed E-state index contributed by atoms with van der Waals surface area (Å²) in [5, 5.41) is 0. The molecule has 0 amide bonds. The molecule has 0 radical (unpaired) electrons. The molecular formula is C90H120N5+5. The zero-order chi connectivity index (χ0) is 101. The fourth-order valence-corrected chi connectivity index (χ4v) is 11.4. The molecule has 10 rings (SSSR count). The summed E-state index contributed by atoms with van der Waals surface area (Å²) in [5.74, 6) is -6.86. The molecule has 4 atom stereocenters. The summed E-state index contributed by atoms with van der Waals surface area (Å²) in [6.45, 7) is 2.06. The van der Waals surface area contributed by atoms with Gasteiger partial charge in [0.25, 0.3) is 0 Å². The van der Waals surface area contributed by atoms with Crippen LogP contribution in [0, 0.1) is 110 Å². The van der Waals surface area contributed by atoms with Gasteiger partial charge in [0.15, 0.2) is 31.0 Å². The van der Waals surface area contributed by atoms with Gasteiger partial charge in [0.1, 0.15) is 35.2 Å². The lowest BCUT2D eigenvalue weighted by atomic mass is 9.91. The van der Waals surface area contributed by atoms with Gasteiger partial charge >= 0.3 is 0 Å². The number of nitrogens with zero attached hydrogens (tertiary/aromatic N) is 5. The molecule has 5 nitrogen and oxygen atoms in total. The Balaban J connectivity index is 0.000000252. The Morgan fingerprint density at radius 1 is 0.305 bits per heavy atom. The summed E-state index contributed by atoms with van der Waals surface area (Å²) >= 11 is 0. The predicted octanol–water partition coefficient (Wildman–Crippen LogP) is 20.9. The summed E-state index contributed by atoms with van der Waals surface area (Å²) in [5.41, 5.74) is 19.9. The molecule has 5 heteroatoms. The predicted molar refractivity (Wildman–Crippen MR) is 407 cm³/mol. The molecule has 0 spiro atoms. The Labute approximate surface area is 627 Å². The van der Waals surface area contributed by atoms with Crippen LogP contribution in [0.5, 0.6) is 0 Å². The molecule has 500 valence electrons. The lowest BCUT2D eigenvalue weighted by Gasteiger charge is -2.14. The Bertz CT molecular complexity index is 5650. The van der Waals surface area contributed by atoms with E-state index in [1.165, 1.54) is 27.7 Å². The molecule has 95 heavy (non-hydrogen) atoms. The van der Waals surface area contributed by atoms with Crippen LogP contribution in [0.4, 0.5) is 0 Å². The van der Waals surface area contributed by atoms with Crippen molar-refractivity contribution < 1.29 is 72.2 Å². The van der Waals surface area contributed by atoms with Crippen LogP contribution in [0.1, 0.15) is 252 Å². The van der Waals surface area contributed by atoms with E-state index in [2.05, 4.69) is 0 Å². The van der Waals surface area contributed by atoms with E-state index < -0.39 is 98.5 Å². The van der Waals surface area contributed by atoms with Gasteiger partial charge in [-0.25, -0.2) is 22.8 Å². The van der Waals surface area contributed by atoms with E-state index in [0.717, 1.165) is 89.7 Å². The number of benzene rings is 5. The van der Waals surface area contributed by atoms with E-state index in [0.29, 0.717) is 66.8 Å². The molecule has 0 aliphatic rings. The van der Waals surface area contributed by atoms with Gasteiger partial charge < -0.3 is 0 Å². The van der Waals surface area contributed by atoms with Gasteiger partial charge in [0, 0.05) is 135 Å². The molecular weight excluding hydrogens is 1150 g/mol. The zero-order valence-corrected chi connectivity index (χ0v) is 59.1. The minimum absolute atomic E-state index is 0.139. The minimum Gasteiger partial charge on any atom is -0.201 e. The SMILES string of the molecule is [2H]C([2H])([2H])C([2H])(C)c1ccc(-c2cc(C)c(C([2H])(C)C([2H])([2H])[2H])cc2C)[n+](C)c1.[2H]C([2H])([2H])c1cc(C)c(-c2cc(C)c(C([2H])([2H])[2H])c[n+]2C)cc1C.[2H]C([2H])([2H])c1cc(C)c(-c2ccc(C([2H])(C)C([2H])([2H])[2H])c[n+]2C)cc1C.[2H]C([2H])([2H])c1ccc(-c2cc(C)c(C([2H])(C)C([2H])([2H])[2H])cc2C)[n+](C)c1.[2H]C([2H])([2H])c1ccc(-c2cc(C)c(C([2H])([2H])C([2H])([2H])[2H])cc2C)[n+](C)c1. The van der Waals surface area contributed by atoms with Gasteiger partial charge in [-0.2, -0.15) is 0 Å².